The fourth-order valence-electron chi connectivity index (χ4n) is 2.94. The molecule has 1 saturated carbocycles. The van der Waals surface area contributed by atoms with Crippen LogP contribution in [-0.2, 0) is 4.74 Å². The van der Waals surface area contributed by atoms with Gasteiger partial charge in [-0.1, -0.05) is 0 Å². The summed E-state index contributed by atoms with van der Waals surface area (Å²) in [6, 6.07) is 0.445. The molecule has 5 heteroatoms. The Hall–Kier alpha value is -0.910. The van der Waals surface area contributed by atoms with Gasteiger partial charge in [-0.25, -0.2) is 0 Å². The fourth-order valence-corrected chi connectivity index (χ4v) is 2.94. The highest BCUT2D eigenvalue weighted by Crippen LogP contribution is 2.25. The average Bonchev–Trinajstić information content (AvgIpc) is 2.47. The average molecular weight is 294 g/mol. The molecule has 2 aliphatic rings. The molecule has 0 aromatic heterocycles. The lowest BCUT2D eigenvalue weighted by molar-refractivity contribution is 0.0177. The third kappa shape index (κ3) is 4.80. The van der Waals surface area contributed by atoms with Crippen molar-refractivity contribution in [3.05, 3.63) is 11.8 Å². The van der Waals surface area contributed by atoms with Gasteiger partial charge >= 0.3 is 0 Å². The molecule has 21 heavy (non-hydrogen) atoms. The lowest BCUT2D eigenvalue weighted by Gasteiger charge is -2.33. The maximum Gasteiger partial charge on any atom is 0.0599 e. The van der Waals surface area contributed by atoms with Gasteiger partial charge < -0.3 is 26.5 Å². The first kappa shape index (κ1) is 16.5. The lowest BCUT2D eigenvalue weighted by Crippen LogP contribution is -2.44. The van der Waals surface area contributed by atoms with Gasteiger partial charge in [0, 0.05) is 29.9 Å². The van der Waals surface area contributed by atoms with Crippen molar-refractivity contribution in [2.75, 3.05) is 19.7 Å². The Balaban J connectivity index is 1.89. The van der Waals surface area contributed by atoms with Gasteiger partial charge in [0.25, 0.3) is 0 Å². The Bertz CT molecular complexity index is 374. The van der Waals surface area contributed by atoms with Gasteiger partial charge in [-0.15, -0.1) is 0 Å². The molecular weight excluding hydrogens is 264 g/mol. The maximum absolute atomic E-state index is 8.41. The molecule has 1 saturated heterocycles. The molecule has 120 valence electrons. The standard InChI is InChI=1S/C16H30N4O/c1-11(2)20-9-12-3-4-15(17)14(16(12)18)10-21-13-5-7-19-8-6-13/h9,11,13-15,18-20H,3-8,10,17H2,1-2H3/b12-9-,18-16?. The number of rotatable bonds is 5. The van der Waals surface area contributed by atoms with Crippen molar-refractivity contribution in [2.45, 2.75) is 57.7 Å². The summed E-state index contributed by atoms with van der Waals surface area (Å²) in [4.78, 5) is 0. The van der Waals surface area contributed by atoms with Gasteiger partial charge in [-0.2, -0.15) is 0 Å². The maximum atomic E-state index is 8.41. The minimum absolute atomic E-state index is 0.0360. The van der Waals surface area contributed by atoms with Crippen LogP contribution in [0.25, 0.3) is 0 Å². The van der Waals surface area contributed by atoms with E-state index in [4.69, 9.17) is 15.9 Å². The Morgan fingerprint density at radius 1 is 1.38 bits per heavy atom. The normalized spacial score (nSPS) is 30.1. The van der Waals surface area contributed by atoms with Gasteiger partial charge in [0.15, 0.2) is 0 Å². The van der Waals surface area contributed by atoms with E-state index < -0.39 is 0 Å². The van der Waals surface area contributed by atoms with Gasteiger partial charge in [0.05, 0.1) is 12.7 Å². The van der Waals surface area contributed by atoms with Crippen molar-refractivity contribution >= 4 is 5.71 Å². The third-order valence-electron chi connectivity index (χ3n) is 4.37. The molecule has 0 amide bonds. The highest BCUT2D eigenvalue weighted by molar-refractivity contribution is 6.00. The molecular formula is C16H30N4O. The van der Waals surface area contributed by atoms with Crippen molar-refractivity contribution in [3.63, 3.8) is 0 Å². The number of nitrogens with one attached hydrogen (secondary N) is 3. The van der Waals surface area contributed by atoms with E-state index in [0.717, 1.165) is 44.3 Å². The van der Waals surface area contributed by atoms with Crippen LogP contribution in [0.1, 0.15) is 39.5 Å². The van der Waals surface area contributed by atoms with Crippen molar-refractivity contribution < 1.29 is 4.74 Å². The zero-order valence-electron chi connectivity index (χ0n) is 13.3. The lowest BCUT2D eigenvalue weighted by atomic mass is 9.80. The monoisotopic (exact) mass is 294 g/mol. The van der Waals surface area contributed by atoms with Crippen LogP contribution in [0.3, 0.4) is 0 Å². The number of ether oxygens (including phenoxy) is 1. The first-order valence-electron chi connectivity index (χ1n) is 8.19. The van der Waals surface area contributed by atoms with E-state index in [0.29, 0.717) is 24.5 Å². The number of hydrogen-bond acceptors (Lipinski definition) is 5. The molecule has 0 radical (unpaired) electrons. The Kier molecular flexibility index (Phi) is 6.21. The molecule has 2 rings (SSSR count). The first-order valence-corrected chi connectivity index (χ1v) is 8.19. The van der Waals surface area contributed by atoms with Crippen molar-refractivity contribution in [1.82, 2.24) is 10.6 Å². The van der Waals surface area contributed by atoms with Crippen LogP contribution in [0.5, 0.6) is 0 Å². The van der Waals surface area contributed by atoms with Crippen molar-refractivity contribution in [3.8, 4) is 0 Å². The first-order chi connectivity index (χ1) is 10.1. The number of nitrogens with two attached hydrogens (primary N) is 1. The summed E-state index contributed by atoms with van der Waals surface area (Å²) >= 11 is 0. The Morgan fingerprint density at radius 2 is 2.10 bits per heavy atom. The van der Waals surface area contributed by atoms with Crippen LogP contribution >= 0.6 is 0 Å². The summed E-state index contributed by atoms with van der Waals surface area (Å²) in [6.07, 6.45) is 6.28. The second kappa shape index (κ2) is 7.92. The molecule has 0 spiro atoms. The van der Waals surface area contributed by atoms with Crippen LogP contribution in [0.4, 0.5) is 0 Å². The van der Waals surface area contributed by atoms with E-state index in [1.807, 2.05) is 6.20 Å². The third-order valence-corrected chi connectivity index (χ3v) is 4.37. The topological polar surface area (TPSA) is 83.2 Å². The predicted octanol–water partition coefficient (Wildman–Crippen LogP) is 1.39. The van der Waals surface area contributed by atoms with Crippen LogP contribution in [0.2, 0.25) is 0 Å². The highest BCUT2D eigenvalue weighted by atomic mass is 16.5. The van der Waals surface area contributed by atoms with E-state index in [2.05, 4.69) is 24.5 Å². The van der Waals surface area contributed by atoms with Crippen LogP contribution in [-0.4, -0.2) is 43.6 Å². The minimum atomic E-state index is 0.0360. The van der Waals surface area contributed by atoms with Crippen LogP contribution in [0.15, 0.2) is 11.8 Å². The molecule has 0 aromatic rings. The number of allylic oxidation sites excluding steroid dienone is 1. The Morgan fingerprint density at radius 3 is 2.76 bits per heavy atom. The van der Waals surface area contributed by atoms with Crippen molar-refractivity contribution in [2.24, 2.45) is 11.7 Å². The second-order valence-electron chi connectivity index (χ2n) is 6.50. The molecule has 1 aliphatic heterocycles. The van der Waals surface area contributed by atoms with Gasteiger partial charge in [-0.05, 0) is 58.2 Å². The highest BCUT2D eigenvalue weighted by Gasteiger charge is 2.31. The molecule has 1 aliphatic carbocycles. The van der Waals surface area contributed by atoms with Crippen LogP contribution < -0.4 is 16.4 Å². The molecule has 0 bridgehead atoms. The number of hydrogen-bond donors (Lipinski definition) is 4. The van der Waals surface area contributed by atoms with E-state index in [1.54, 1.807) is 0 Å². The van der Waals surface area contributed by atoms with E-state index in [9.17, 15) is 0 Å². The van der Waals surface area contributed by atoms with E-state index in [-0.39, 0.29) is 12.0 Å². The van der Waals surface area contributed by atoms with Crippen LogP contribution in [0, 0.1) is 11.3 Å². The van der Waals surface area contributed by atoms with E-state index in [1.165, 1.54) is 0 Å². The quantitative estimate of drug-likeness (QED) is 0.617. The zero-order chi connectivity index (χ0) is 15.2. The molecule has 5 N–H and O–H groups in total. The summed E-state index contributed by atoms with van der Waals surface area (Å²) in [7, 11) is 0. The summed E-state index contributed by atoms with van der Waals surface area (Å²) in [6.45, 7) is 6.86. The largest absolute Gasteiger partial charge is 0.388 e. The summed E-state index contributed by atoms with van der Waals surface area (Å²) in [5.74, 6) is 0.0360. The Labute approximate surface area is 128 Å². The summed E-state index contributed by atoms with van der Waals surface area (Å²) < 4.78 is 6.03. The SMILES string of the molecule is CC(C)N/C=C1/CCC(N)C(COC2CCNCC2)C1=N. The zero-order valence-corrected chi connectivity index (χ0v) is 13.3. The molecule has 2 atom stereocenters. The molecule has 2 fully saturated rings. The molecule has 1 heterocycles. The van der Waals surface area contributed by atoms with Crippen molar-refractivity contribution in [1.29, 1.82) is 5.41 Å². The molecule has 2 unspecified atom stereocenters. The molecule has 0 aromatic carbocycles. The van der Waals surface area contributed by atoms with Gasteiger partial charge in [0.2, 0.25) is 0 Å². The van der Waals surface area contributed by atoms with E-state index >= 15 is 0 Å². The van der Waals surface area contributed by atoms with Gasteiger partial charge in [-0.3, -0.25) is 0 Å². The minimum Gasteiger partial charge on any atom is -0.388 e. The fraction of sp³-hybridized carbons (Fsp3) is 0.812. The van der Waals surface area contributed by atoms with Gasteiger partial charge in [0.1, 0.15) is 0 Å². The summed E-state index contributed by atoms with van der Waals surface area (Å²) in [5, 5.41) is 15.0. The smallest absolute Gasteiger partial charge is 0.0599 e. The summed E-state index contributed by atoms with van der Waals surface area (Å²) in [5.41, 5.74) is 7.97. The second-order valence-corrected chi connectivity index (χ2v) is 6.50. The predicted molar refractivity (Wildman–Crippen MR) is 86.6 cm³/mol. The number of piperidine rings is 1. The molecule has 5 nitrogen and oxygen atoms in total.